The molecule has 0 unspecified atom stereocenters. The molecule has 120 heavy (non-hydrogen) atoms. The fourth-order valence-electron chi connectivity index (χ4n) is 14.5. The van der Waals surface area contributed by atoms with Gasteiger partial charge in [0, 0.05) is 142 Å². The van der Waals surface area contributed by atoms with Gasteiger partial charge in [-0.1, -0.05) is 188 Å². The fraction of sp³-hybridized carbons (Fsp3) is 0.0943. The van der Waals surface area contributed by atoms with E-state index in [-0.39, 0.29) is 154 Å². The van der Waals surface area contributed by atoms with Crippen molar-refractivity contribution in [2.24, 2.45) is 0 Å². The topological polar surface area (TPSA) is 93.1 Å². The number of carbonyl (C=O) groups excluding carboxylic acids is 2. The van der Waals surface area contributed by atoms with Crippen LogP contribution in [0.1, 0.15) is 66.5 Å². The third-order valence-electron chi connectivity index (χ3n) is 21.1. The number of hydrogen-bond donors (Lipinski definition) is 2. The molecule has 0 aromatic heterocycles. The van der Waals surface area contributed by atoms with Crippen molar-refractivity contribution in [1.29, 1.82) is 0 Å². The first-order valence-electron chi connectivity index (χ1n) is 38.5. The molecule has 0 aliphatic carbocycles. The molecule has 0 amide bonds. The number of hydrogen-bond acceptors (Lipinski definition) is 6. The zero-order valence-corrected chi connectivity index (χ0v) is 81.2. The van der Waals surface area contributed by atoms with E-state index in [4.69, 9.17) is 9.31 Å². The van der Waals surface area contributed by atoms with Crippen molar-refractivity contribution < 1.29 is 172 Å². The van der Waals surface area contributed by atoms with Gasteiger partial charge in [-0.2, -0.15) is 121 Å². The second kappa shape index (κ2) is 47.2. The number of carbonyl (C=O) groups is 2. The van der Waals surface area contributed by atoms with Gasteiger partial charge >= 0.3 is 14.2 Å². The summed E-state index contributed by atoms with van der Waals surface area (Å²) >= 11 is 0. The number of fused-ring (bicyclic) bond motifs is 4. The Morgan fingerprint density at radius 1 is 0.333 bits per heavy atom. The molecular weight excluding hydrogens is 1810 g/mol. The number of benzene rings is 17. The summed E-state index contributed by atoms with van der Waals surface area (Å²) in [4.78, 5) is 21.7. The summed E-state index contributed by atoms with van der Waals surface area (Å²) in [5.74, 6) is 0. The van der Waals surface area contributed by atoms with Crippen LogP contribution in [0.25, 0.3) is 98.7 Å². The van der Waals surface area contributed by atoms with Gasteiger partial charge in [0.05, 0.1) is 17.4 Å². The quantitative estimate of drug-likeness (QED) is 0.0517. The molecule has 1 heterocycles. The second-order valence-corrected chi connectivity index (χ2v) is 32.5. The van der Waals surface area contributed by atoms with E-state index in [0.717, 1.165) is 112 Å². The van der Waals surface area contributed by atoms with Gasteiger partial charge in [-0.25, -0.2) is 44.5 Å². The summed E-state index contributed by atoms with van der Waals surface area (Å²) in [5.41, 5.74) is 14.1. The van der Waals surface area contributed by atoms with Crippen LogP contribution in [-0.4, -0.2) is 54.2 Å². The zero-order chi connectivity index (χ0) is 80.2. The summed E-state index contributed by atoms with van der Waals surface area (Å²) in [6.45, 7) is 14.6. The van der Waals surface area contributed by atoms with Crippen LogP contribution >= 0.6 is 7.26 Å². The average molecular weight is 1900 g/mol. The predicted octanol–water partition coefficient (Wildman–Crippen LogP) is 19.0. The molecule has 1 saturated heterocycles. The minimum Gasteiger partial charge on any atom is -1.00 e. The van der Waals surface area contributed by atoms with E-state index in [1.165, 1.54) is 37.6 Å². The summed E-state index contributed by atoms with van der Waals surface area (Å²) in [7, 11) is -3.46. The van der Waals surface area contributed by atoms with Crippen LogP contribution in [0.15, 0.2) is 358 Å². The van der Waals surface area contributed by atoms with E-state index in [1.54, 1.807) is 18.2 Å². The molecule has 584 valence electrons. The molecule has 17 aromatic rings. The Balaban J connectivity index is 0.000000181. The maximum Gasteiger partial charge on any atom is 0.426 e. The summed E-state index contributed by atoms with van der Waals surface area (Å²) < 4.78 is 12.5. The third kappa shape index (κ3) is 23.2. The summed E-state index contributed by atoms with van der Waals surface area (Å²) in [5, 5.41) is 32.5. The molecule has 17 aromatic carbocycles. The van der Waals surface area contributed by atoms with Gasteiger partial charge < -0.3 is 31.8 Å². The minimum atomic E-state index is -1.53. The van der Waals surface area contributed by atoms with Crippen LogP contribution in [-0.2, 0) is 140 Å². The Kier molecular flexibility index (Phi) is 38.4. The molecule has 18 rings (SSSR count). The normalized spacial score (nSPS) is 11.9. The van der Waals surface area contributed by atoms with Crippen LogP contribution in [0.4, 0.5) is 0 Å². The number of aldehydes is 2. The van der Waals surface area contributed by atoms with Gasteiger partial charge in [0.15, 0.2) is 0 Å². The first-order chi connectivity index (χ1) is 56.1. The van der Waals surface area contributed by atoms with Gasteiger partial charge in [0.25, 0.3) is 0 Å². The maximum atomic E-state index is 11.4. The van der Waals surface area contributed by atoms with Crippen LogP contribution in [0.5, 0.6) is 0 Å². The second-order valence-electron chi connectivity index (χ2n) is 28.7. The van der Waals surface area contributed by atoms with E-state index in [2.05, 4.69) is 272 Å². The van der Waals surface area contributed by atoms with E-state index < -0.39 is 21.5 Å². The van der Waals surface area contributed by atoms with Crippen LogP contribution in [0.2, 0.25) is 0 Å². The molecule has 0 bridgehead atoms. The molecule has 4 radical (unpaired) electrons. The predicted molar refractivity (Wildman–Crippen MR) is 482 cm³/mol. The van der Waals surface area contributed by atoms with Gasteiger partial charge in [0.1, 0.15) is 35.7 Å². The van der Waals surface area contributed by atoms with Crippen molar-refractivity contribution >= 4 is 104 Å². The van der Waals surface area contributed by atoms with Crippen molar-refractivity contribution in [2.75, 3.05) is 6.16 Å². The van der Waals surface area contributed by atoms with Crippen LogP contribution in [0, 0.1) is 62.4 Å². The van der Waals surface area contributed by atoms with E-state index in [0.29, 0.717) is 16.6 Å². The first-order valence-corrected chi connectivity index (χ1v) is 40.5. The molecule has 2 N–H and O–H groups in total. The Morgan fingerprint density at radius 3 is 1.07 bits per heavy atom. The molecule has 1 fully saturated rings. The Morgan fingerprint density at radius 2 is 0.650 bits per heavy atom. The molecule has 1 aliphatic heterocycles. The zero-order valence-electron chi connectivity index (χ0n) is 68.2. The average Bonchev–Trinajstić information content (AvgIpc) is 1.28. The first kappa shape index (κ1) is 97.7. The Bertz CT molecular complexity index is 6020. The van der Waals surface area contributed by atoms with Crippen molar-refractivity contribution in [1.82, 2.24) is 0 Å². The standard InChI is InChI=1S/C23H14O.C22H21BO2.C20H20P.C17H12.C16H11BO2.C8H8O.ClH.4Y/c24-16-18-9-2-4-12-20(18)21-13-5-6-14-23(21)22-15-7-10-17-8-1-3-11-19(17)22;1-21(2)22(3,4)25-23(24-21)20-15-8-7-13-19(20)18-14-9-11-16-10-5-6-12-17(16)18;1-2-21(18-12-6-3-7-13-18,19-14-8-4-9-15-19)20-16-10-5-11-17-20;1-13-7-2-4-10-15(13)17-12-6-9-14-8-3-5-11-16(14)17;18-17(19)16-11-4-3-9-15(16)14-10-5-7-12-6-1-2-8-13(12)14;1-7-4-2-3-5-8(7)6-9;;;;;/h1-13,16H;5-12,15H,1-4H3;3-17H,2H2,1H3;2-9,11H,1H3;1-8,11,18-19H;2-6H,1H3;1H;;;;/q2*-2;+1;2*-2;;;;;;/p-1. The molecule has 14 heteroatoms. The molecule has 6 nitrogen and oxygen atoms in total. The Labute approximate surface area is 816 Å². The third-order valence-corrected chi connectivity index (χ3v) is 25.6. The molecule has 0 atom stereocenters. The summed E-state index contributed by atoms with van der Waals surface area (Å²) in [6.07, 6.45) is 2.92. The number of halogens is 1. The SMILES string of the molecule is CC1(C)OB(c2ccc[c-]c2-c2[c-]ccc3ccccc23)OC1(C)C.CC[P+](c1ccccc1)(c1ccccc1)c1ccccc1.Cc1ccc[c-]c1-c1[c-]ccc2ccccc12.Cc1ccccc1C=O.O=Cc1ccccc1-c1ccc[c-]c1-c1[c-]ccc2ccccc12.OB(O)c1ccc[c-]c1-c1[c-]ccc2ccccc12.[Cl-].[Y].[Y].[Y].[Y]. The van der Waals surface area contributed by atoms with Crippen LogP contribution in [0.3, 0.4) is 0 Å². The van der Waals surface area contributed by atoms with Crippen molar-refractivity contribution in [3.8, 4) is 55.6 Å². The number of rotatable bonds is 13. The van der Waals surface area contributed by atoms with Gasteiger partial charge in [0.2, 0.25) is 0 Å². The molecule has 1 aliphatic rings. The van der Waals surface area contributed by atoms with Gasteiger partial charge in [-0.05, 0) is 83.5 Å². The number of aryl methyl sites for hydroxylation is 2. The minimum absolute atomic E-state index is 0. The molecular formula is C106H86B2ClO6PY4-8. The largest absolute Gasteiger partial charge is 1.00 e. The molecule has 0 saturated carbocycles. The fourth-order valence-corrected chi connectivity index (χ4v) is 18.5. The van der Waals surface area contributed by atoms with E-state index in [9.17, 15) is 19.6 Å². The van der Waals surface area contributed by atoms with Crippen molar-refractivity contribution in [3.05, 3.63) is 429 Å². The van der Waals surface area contributed by atoms with Crippen molar-refractivity contribution in [2.45, 2.75) is 59.7 Å². The summed E-state index contributed by atoms with van der Waals surface area (Å²) in [6, 6.07) is 147. The van der Waals surface area contributed by atoms with Crippen LogP contribution < -0.4 is 39.2 Å². The van der Waals surface area contributed by atoms with Gasteiger partial charge in [-0.15, -0.1) is 138 Å². The van der Waals surface area contributed by atoms with E-state index >= 15 is 0 Å². The monoisotopic (exact) mass is 1900 g/mol. The van der Waals surface area contributed by atoms with Crippen molar-refractivity contribution in [3.63, 3.8) is 0 Å². The van der Waals surface area contributed by atoms with Gasteiger partial charge in [-0.3, -0.25) is 9.59 Å². The smallest absolute Gasteiger partial charge is 0.426 e. The maximum absolute atomic E-state index is 11.4. The molecule has 0 spiro atoms. The Hall–Kier alpha value is -7.77. The van der Waals surface area contributed by atoms with E-state index in [1.807, 2.05) is 165 Å².